The van der Waals surface area contributed by atoms with Crippen LogP contribution in [-0.2, 0) is 22.5 Å². The van der Waals surface area contributed by atoms with Gasteiger partial charge in [-0.15, -0.1) is 0 Å². The summed E-state index contributed by atoms with van der Waals surface area (Å²) < 4.78 is 12.8. The second kappa shape index (κ2) is 12.3. The Morgan fingerprint density at radius 1 is 1.03 bits per heavy atom. The number of carbonyl (C=O) groups is 1. The van der Waals surface area contributed by atoms with E-state index in [1.54, 1.807) is 12.1 Å². The summed E-state index contributed by atoms with van der Waals surface area (Å²) in [6, 6.07) is 21.5. The van der Waals surface area contributed by atoms with E-state index >= 15 is 0 Å². The molecule has 7 heteroatoms. The molecular weight excluding hydrogens is 490 g/mol. The minimum absolute atomic E-state index is 0.00707. The number of piperidine rings is 1. The van der Waals surface area contributed by atoms with Crippen molar-refractivity contribution in [2.24, 2.45) is 0 Å². The van der Waals surface area contributed by atoms with E-state index in [1.807, 2.05) is 49.3 Å². The molecule has 1 aliphatic heterocycles. The molecule has 1 atom stereocenters. The molecule has 0 spiro atoms. The summed E-state index contributed by atoms with van der Waals surface area (Å²) in [7, 11) is 3.79. The highest BCUT2D eigenvalue weighted by Crippen LogP contribution is 2.32. The van der Waals surface area contributed by atoms with E-state index in [0.29, 0.717) is 17.5 Å². The molecule has 0 aromatic heterocycles. The zero-order valence-corrected chi connectivity index (χ0v) is 22.7. The predicted molar refractivity (Wildman–Crippen MR) is 148 cm³/mol. The molecule has 1 unspecified atom stereocenters. The first kappa shape index (κ1) is 26.7. The molecule has 0 saturated carbocycles. The molecule has 1 aliphatic rings. The highest BCUT2D eigenvalue weighted by molar-refractivity contribution is 7.91. The van der Waals surface area contributed by atoms with Crippen LogP contribution in [0.1, 0.15) is 35.4 Å². The van der Waals surface area contributed by atoms with Gasteiger partial charge in [0.15, 0.2) is 9.79 Å². The maximum absolute atomic E-state index is 12.8. The number of likely N-dealkylation sites (tertiary alicyclic amines) is 1. The van der Waals surface area contributed by atoms with Crippen molar-refractivity contribution in [3.8, 4) is 0 Å². The summed E-state index contributed by atoms with van der Waals surface area (Å²) in [6.07, 6.45) is 2.18. The topological polar surface area (TPSA) is 58.6 Å². The van der Waals surface area contributed by atoms with Gasteiger partial charge in [0.2, 0.25) is 5.91 Å². The monoisotopic (exact) mass is 523 g/mol. The largest absolute Gasteiger partial charge is 0.606 e. The Hall–Kier alpha value is -2.35. The van der Waals surface area contributed by atoms with Gasteiger partial charge in [0.1, 0.15) is 0 Å². The third kappa shape index (κ3) is 7.11. The molecule has 1 saturated heterocycles. The lowest BCUT2D eigenvalue weighted by molar-refractivity contribution is -0.116. The highest BCUT2D eigenvalue weighted by Gasteiger charge is 2.23. The number of nitrogens with zero attached hydrogens (tertiary/aromatic N) is 2. The van der Waals surface area contributed by atoms with Crippen LogP contribution in [0.15, 0.2) is 76.5 Å². The van der Waals surface area contributed by atoms with Crippen LogP contribution < -0.4 is 5.32 Å². The molecule has 1 heterocycles. The molecule has 0 aliphatic carbocycles. The van der Waals surface area contributed by atoms with Gasteiger partial charge in [0, 0.05) is 28.4 Å². The first-order valence-electron chi connectivity index (χ1n) is 12.3. The van der Waals surface area contributed by atoms with Gasteiger partial charge in [-0.2, -0.15) is 0 Å². The van der Waals surface area contributed by atoms with Crippen molar-refractivity contribution in [3.05, 3.63) is 88.4 Å². The summed E-state index contributed by atoms with van der Waals surface area (Å²) in [5.74, 6) is 0.503. The Bertz CT molecular complexity index is 1160. The van der Waals surface area contributed by atoms with E-state index in [9.17, 15) is 9.35 Å². The van der Waals surface area contributed by atoms with Crippen molar-refractivity contribution in [2.75, 3.05) is 39.0 Å². The van der Waals surface area contributed by atoms with Crippen molar-refractivity contribution in [3.63, 3.8) is 0 Å². The van der Waals surface area contributed by atoms with Gasteiger partial charge in [-0.1, -0.05) is 29.8 Å². The summed E-state index contributed by atoms with van der Waals surface area (Å²) in [5.41, 5.74) is 4.72. The summed E-state index contributed by atoms with van der Waals surface area (Å²) in [5, 5.41) is 3.67. The third-order valence-corrected chi connectivity index (χ3v) is 8.27. The van der Waals surface area contributed by atoms with E-state index < -0.39 is 11.2 Å². The Kier molecular flexibility index (Phi) is 9.09. The van der Waals surface area contributed by atoms with Gasteiger partial charge in [-0.3, -0.25) is 9.69 Å². The molecule has 1 fully saturated rings. The lowest BCUT2D eigenvalue weighted by Gasteiger charge is -2.33. The van der Waals surface area contributed by atoms with Gasteiger partial charge in [0.05, 0.1) is 6.54 Å². The standard InChI is InChI=1S/C29H34ClN3O2S/c1-21-4-9-25(31-29(34)20-32(2)3)18-28(21)23-14-16-33(17-15-23)19-22-5-10-26(11-6-22)36(35)27-12-7-24(30)8-13-27/h4-13,18,23H,14-17,19-20H2,1-3H3,(H,31,34). The van der Waals surface area contributed by atoms with Gasteiger partial charge in [-0.05, 0) is 118 Å². The molecular formula is C29H34ClN3O2S. The van der Waals surface area contributed by atoms with Crippen LogP contribution >= 0.6 is 11.6 Å². The van der Waals surface area contributed by atoms with Crippen LogP contribution in [0.3, 0.4) is 0 Å². The first-order chi connectivity index (χ1) is 17.3. The Balaban J connectivity index is 1.32. The van der Waals surface area contributed by atoms with Crippen molar-refractivity contribution in [2.45, 2.75) is 42.0 Å². The minimum atomic E-state index is -1.21. The first-order valence-corrected chi connectivity index (χ1v) is 13.8. The Morgan fingerprint density at radius 3 is 2.25 bits per heavy atom. The lowest BCUT2D eigenvalue weighted by atomic mass is 9.86. The Labute approximate surface area is 222 Å². The van der Waals surface area contributed by atoms with Gasteiger partial charge >= 0.3 is 0 Å². The van der Waals surface area contributed by atoms with Crippen LogP contribution in [0, 0.1) is 6.92 Å². The maximum Gasteiger partial charge on any atom is 0.238 e. The predicted octanol–water partition coefficient (Wildman–Crippen LogP) is 5.69. The number of anilines is 1. The molecule has 3 aromatic carbocycles. The van der Waals surface area contributed by atoms with Crippen LogP contribution in [-0.4, -0.2) is 54.0 Å². The van der Waals surface area contributed by atoms with Crippen molar-refractivity contribution < 1.29 is 9.35 Å². The number of carbonyl (C=O) groups excluding carboxylic acids is 1. The Morgan fingerprint density at radius 2 is 1.64 bits per heavy atom. The molecule has 1 amide bonds. The molecule has 0 bridgehead atoms. The third-order valence-electron chi connectivity index (χ3n) is 6.62. The summed E-state index contributed by atoms with van der Waals surface area (Å²) in [6.45, 7) is 5.47. The minimum Gasteiger partial charge on any atom is -0.606 e. The van der Waals surface area contributed by atoms with E-state index in [4.69, 9.17) is 11.6 Å². The number of hydrogen-bond donors (Lipinski definition) is 1. The summed E-state index contributed by atoms with van der Waals surface area (Å²) >= 11 is 4.74. The quantitative estimate of drug-likeness (QED) is 0.385. The van der Waals surface area contributed by atoms with Crippen molar-refractivity contribution in [1.82, 2.24) is 9.80 Å². The molecule has 36 heavy (non-hydrogen) atoms. The molecule has 4 rings (SSSR count). The molecule has 1 N–H and O–H groups in total. The van der Waals surface area contributed by atoms with Crippen LogP contribution in [0.4, 0.5) is 5.69 Å². The second-order valence-corrected chi connectivity index (χ2v) is 11.7. The van der Waals surface area contributed by atoms with Crippen LogP contribution in [0.5, 0.6) is 0 Å². The number of rotatable bonds is 8. The molecule has 190 valence electrons. The highest BCUT2D eigenvalue weighted by atomic mass is 35.5. The number of halogens is 1. The number of likely N-dealkylation sites (N-methyl/N-ethyl adjacent to an activating group) is 1. The van der Waals surface area contributed by atoms with E-state index in [-0.39, 0.29) is 5.91 Å². The normalized spacial score (nSPS) is 15.7. The number of hydrogen-bond acceptors (Lipinski definition) is 4. The smallest absolute Gasteiger partial charge is 0.238 e. The fraction of sp³-hybridized carbons (Fsp3) is 0.345. The van der Waals surface area contributed by atoms with Crippen LogP contribution in [0.2, 0.25) is 5.02 Å². The average molecular weight is 524 g/mol. The van der Waals surface area contributed by atoms with Crippen molar-refractivity contribution >= 4 is 34.4 Å². The lowest BCUT2D eigenvalue weighted by Crippen LogP contribution is -2.32. The maximum atomic E-state index is 12.8. The van der Waals surface area contributed by atoms with E-state index in [2.05, 4.69) is 41.4 Å². The summed E-state index contributed by atoms with van der Waals surface area (Å²) in [4.78, 5) is 18.1. The second-order valence-electron chi connectivity index (χ2n) is 9.77. The van der Waals surface area contributed by atoms with Gasteiger partial charge in [0.25, 0.3) is 0 Å². The zero-order chi connectivity index (χ0) is 25.7. The van der Waals surface area contributed by atoms with Crippen LogP contribution in [0.25, 0.3) is 0 Å². The number of aryl methyl sites for hydroxylation is 1. The zero-order valence-electron chi connectivity index (χ0n) is 21.2. The SMILES string of the molecule is Cc1ccc(NC(=O)CN(C)C)cc1C1CCN(Cc2ccc([S+]([O-])c3ccc(Cl)cc3)cc2)CC1. The van der Waals surface area contributed by atoms with E-state index in [0.717, 1.165) is 48.0 Å². The number of nitrogens with one attached hydrogen (secondary N) is 1. The molecule has 5 nitrogen and oxygen atoms in total. The average Bonchev–Trinajstić information content (AvgIpc) is 2.86. The molecule has 3 aromatic rings. The fourth-order valence-corrected chi connectivity index (χ4v) is 5.88. The van der Waals surface area contributed by atoms with Gasteiger partial charge in [-0.25, -0.2) is 0 Å². The number of benzene rings is 3. The number of amides is 1. The molecule has 0 radical (unpaired) electrons. The fourth-order valence-electron chi connectivity index (χ4n) is 4.72. The van der Waals surface area contributed by atoms with E-state index in [1.165, 1.54) is 16.7 Å². The van der Waals surface area contributed by atoms with Gasteiger partial charge < -0.3 is 14.8 Å². The van der Waals surface area contributed by atoms with Crippen molar-refractivity contribution in [1.29, 1.82) is 0 Å².